The van der Waals surface area contributed by atoms with E-state index in [1.54, 1.807) is 11.9 Å². The van der Waals surface area contributed by atoms with Crippen molar-refractivity contribution in [2.75, 3.05) is 20.1 Å². The van der Waals surface area contributed by atoms with Gasteiger partial charge >= 0.3 is 12.0 Å². The maximum absolute atomic E-state index is 11.8. The van der Waals surface area contributed by atoms with Crippen LogP contribution in [-0.4, -0.2) is 54.1 Å². The maximum atomic E-state index is 11.8. The Morgan fingerprint density at radius 3 is 2.62 bits per heavy atom. The van der Waals surface area contributed by atoms with E-state index in [1.807, 2.05) is 13.8 Å². The van der Waals surface area contributed by atoms with Gasteiger partial charge < -0.3 is 20.6 Å². The zero-order chi connectivity index (χ0) is 16.0. The number of carbonyl (C=O) groups excluding carboxylic acids is 2. The van der Waals surface area contributed by atoms with E-state index in [0.717, 1.165) is 0 Å². The Labute approximate surface area is 125 Å². The topological polar surface area (TPSA) is 98.7 Å². The molecule has 0 aromatic rings. The fourth-order valence-corrected chi connectivity index (χ4v) is 2.42. The molecule has 1 saturated heterocycles. The number of amides is 3. The molecular formula is C14H25N3O4. The lowest BCUT2D eigenvalue weighted by Crippen LogP contribution is -2.51. The molecule has 0 aliphatic carbocycles. The molecule has 7 nitrogen and oxygen atoms in total. The highest BCUT2D eigenvalue weighted by Crippen LogP contribution is 2.11. The summed E-state index contributed by atoms with van der Waals surface area (Å²) in [6.45, 7) is 4.50. The molecule has 0 aromatic carbocycles. The largest absolute Gasteiger partial charge is 0.481 e. The first-order valence-corrected chi connectivity index (χ1v) is 7.30. The van der Waals surface area contributed by atoms with Gasteiger partial charge in [0.05, 0.1) is 5.92 Å². The summed E-state index contributed by atoms with van der Waals surface area (Å²) in [4.78, 5) is 35.8. The van der Waals surface area contributed by atoms with Crippen LogP contribution in [0.5, 0.6) is 0 Å². The number of rotatable bonds is 6. The fourth-order valence-electron chi connectivity index (χ4n) is 2.42. The van der Waals surface area contributed by atoms with Gasteiger partial charge in [-0.3, -0.25) is 9.59 Å². The molecule has 0 saturated carbocycles. The average molecular weight is 299 g/mol. The molecule has 0 radical (unpaired) electrons. The molecule has 120 valence electrons. The van der Waals surface area contributed by atoms with Crippen LogP contribution in [-0.2, 0) is 9.59 Å². The standard InChI is InChI=1S/C14H25N3O4/c1-9(2)6-10(13(19)20)7-15-14(21)16-11-4-5-12(18)17(3)8-11/h9-11H,4-8H2,1-3H3,(H,19,20)(H2,15,16,21). The highest BCUT2D eigenvalue weighted by atomic mass is 16.4. The van der Waals surface area contributed by atoms with Crippen molar-refractivity contribution in [1.29, 1.82) is 0 Å². The first-order valence-electron chi connectivity index (χ1n) is 7.30. The summed E-state index contributed by atoms with van der Waals surface area (Å²) in [6.07, 6.45) is 1.56. The van der Waals surface area contributed by atoms with Gasteiger partial charge in [-0.1, -0.05) is 13.8 Å². The van der Waals surface area contributed by atoms with Crippen LogP contribution in [0.1, 0.15) is 33.1 Å². The van der Waals surface area contributed by atoms with Gasteiger partial charge in [-0.15, -0.1) is 0 Å². The molecule has 7 heteroatoms. The van der Waals surface area contributed by atoms with Crippen molar-refractivity contribution >= 4 is 17.9 Å². The Balaban J connectivity index is 2.36. The third-order valence-electron chi connectivity index (χ3n) is 3.58. The van der Waals surface area contributed by atoms with Crippen molar-refractivity contribution in [3.05, 3.63) is 0 Å². The molecule has 0 aromatic heterocycles. The molecule has 1 rings (SSSR count). The number of urea groups is 1. The molecule has 1 aliphatic heterocycles. The minimum Gasteiger partial charge on any atom is -0.481 e. The summed E-state index contributed by atoms with van der Waals surface area (Å²) in [7, 11) is 1.71. The van der Waals surface area contributed by atoms with E-state index in [1.165, 1.54) is 0 Å². The third-order valence-corrected chi connectivity index (χ3v) is 3.58. The summed E-state index contributed by atoms with van der Waals surface area (Å²) in [6, 6.07) is -0.459. The van der Waals surface area contributed by atoms with Gasteiger partial charge in [0.1, 0.15) is 0 Å². The van der Waals surface area contributed by atoms with Crippen LogP contribution in [0.2, 0.25) is 0 Å². The molecule has 2 unspecified atom stereocenters. The molecule has 3 amide bonds. The van der Waals surface area contributed by atoms with E-state index >= 15 is 0 Å². The van der Waals surface area contributed by atoms with Crippen molar-refractivity contribution < 1.29 is 19.5 Å². The normalized spacial score (nSPS) is 20.3. The first kappa shape index (κ1) is 17.3. The second-order valence-corrected chi connectivity index (χ2v) is 6.03. The number of hydrogen-bond donors (Lipinski definition) is 3. The number of aliphatic carboxylic acids is 1. The van der Waals surface area contributed by atoms with Gasteiger partial charge in [0.15, 0.2) is 0 Å². The second-order valence-electron chi connectivity index (χ2n) is 6.03. The van der Waals surface area contributed by atoms with Crippen LogP contribution in [0.4, 0.5) is 4.79 Å². The molecular weight excluding hydrogens is 274 g/mol. The number of hydrogen-bond acceptors (Lipinski definition) is 3. The number of nitrogens with one attached hydrogen (secondary N) is 2. The first-order chi connectivity index (χ1) is 9.79. The van der Waals surface area contributed by atoms with Gasteiger partial charge in [0.25, 0.3) is 0 Å². The Hall–Kier alpha value is -1.79. The van der Waals surface area contributed by atoms with E-state index in [4.69, 9.17) is 5.11 Å². The summed E-state index contributed by atoms with van der Waals surface area (Å²) in [5, 5.41) is 14.5. The van der Waals surface area contributed by atoms with E-state index in [0.29, 0.717) is 25.8 Å². The Morgan fingerprint density at radius 1 is 1.43 bits per heavy atom. The van der Waals surface area contributed by atoms with E-state index in [2.05, 4.69) is 10.6 Å². The highest BCUT2D eigenvalue weighted by molar-refractivity contribution is 5.78. The number of likely N-dealkylation sites (tertiary alicyclic amines) is 1. The van der Waals surface area contributed by atoms with Crippen LogP contribution < -0.4 is 10.6 Å². The lowest BCUT2D eigenvalue weighted by atomic mass is 9.97. The van der Waals surface area contributed by atoms with Crippen LogP contribution in [0.25, 0.3) is 0 Å². The molecule has 21 heavy (non-hydrogen) atoms. The number of carboxylic acids is 1. The van der Waals surface area contributed by atoms with Crippen molar-refractivity contribution in [3.63, 3.8) is 0 Å². The fraction of sp³-hybridized carbons (Fsp3) is 0.786. The van der Waals surface area contributed by atoms with Gasteiger partial charge in [0, 0.05) is 32.6 Å². The predicted molar refractivity (Wildman–Crippen MR) is 77.8 cm³/mol. The number of carbonyl (C=O) groups is 3. The minimum atomic E-state index is -0.896. The third kappa shape index (κ3) is 6.01. The average Bonchev–Trinajstić information content (AvgIpc) is 2.38. The summed E-state index contributed by atoms with van der Waals surface area (Å²) in [5.74, 6) is -1.14. The van der Waals surface area contributed by atoms with Crippen LogP contribution in [0.15, 0.2) is 0 Å². The van der Waals surface area contributed by atoms with Crippen LogP contribution >= 0.6 is 0 Å². The van der Waals surface area contributed by atoms with Gasteiger partial charge in [-0.05, 0) is 18.8 Å². The van der Waals surface area contributed by atoms with Crippen LogP contribution in [0.3, 0.4) is 0 Å². The van der Waals surface area contributed by atoms with Gasteiger partial charge in [-0.2, -0.15) is 0 Å². The summed E-state index contributed by atoms with van der Waals surface area (Å²) in [5.41, 5.74) is 0. The lowest BCUT2D eigenvalue weighted by Gasteiger charge is -2.30. The lowest BCUT2D eigenvalue weighted by molar-refractivity contribution is -0.142. The molecule has 1 aliphatic rings. The van der Waals surface area contributed by atoms with Crippen molar-refractivity contribution in [1.82, 2.24) is 15.5 Å². The molecule has 3 N–H and O–H groups in total. The maximum Gasteiger partial charge on any atom is 0.315 e. The number of piperidine rings is 1. The Bertz CT molecular complexity index is 398. The SMILES string of the molecule is CC(C)CC(CNC(=O)NC1CCC(=O)N(C)C1)C(=O)O. The number of carboxylic acid groups (broad SMARTS) is 1. The highest BCUT2D eigenvalue weighted by Gasteiger charge is 2.25. The smallest absolute Gasteiger partial charge is 0.315 e. The minimum absolute atomic E-state index is 0.0799. The van der Waals surface area contributed by atoms with Crippen molar-refractivity contribution in [2.45, 2.75) is 39.2 Å². The molecule has 2 atom stereocenters. The summed E-state index contributed by atoms with van der Waals surface area (Å²) >= 11 is 0. The Kier molecular flexibility index (Phi) is 6.45. The Morgan fingerprint density at radius 2 is 2.10 bits per heavy atom. The zero-order valence-corrected chi connectivity index (χ0v) is 12.9. The zero-order valence-electron chi connectivity index (χ0n) is 12.9. The van der Waals surface area contributed by atoms with E-state index in [-0.39, 0.29) is 30.4 Å². The summed E-state index contributed by atoms with van der Waals surface area (Å²) < 4.78 is 0. The molecule has 0 spiro atoms. The number of likely N-dealkylation sites (N-methyl/N-ethyl adjacent to an activating group) is 1. The van der Waals surface area contributed by atoms with Gasteiger partial charge in [-0.25, -0.2) is 4.79 Å². The van der Waals surface area contributed by atoms with E-state index in [9.17, 15) is 14.4 Å². The quantitative estimate of drug-likeness (QED) is 0.670. The molecule has 1 fully saturated rings. The van der Waals surface area contributed by atoms with E-state index < -0.39 is 11.9 Å². The van der Waals surface area contributed by atoms with Crippen LogP contribution in [0, 0.1) is 11.8 Å². The second kappa shape index (κ2) is 7.85. The predicted octanol–water partition coefficient (Wildman–Crippen LogP) is 0.653. The van der Waals surface area contributed by atoms with Crippen molar-refractivity contribution in [2.24, 2.45) is 11.8 Å². The number of nitrogens with zero attached hydrogens (tertiary/aromatic N) is 1. The van der Waals surface area contributed by atoms with Gasteiger partial charge in [0.2, 0.25) is 5.91 Å². The molecule has 1 heterocycles. The molecule has 0 bridgehead atoms. The monoisotopic (exact) mass is 299 g/mol. The van der Waals surface area contributed by atoms with Crippen molar-refractivity contribution in [3.8, 4) is 0 Å².